The number of aryl methyl sites for hydroxylation is 1. The molecule has 29 heavy (non-hydrogen) atoms. The first-order valence-electron chi connectivity index (χ1n) is 10.4. The van der Waals surface area contributed by atoms with Gasteiger partial charge in [0.15, 0.2) is 0 Å². The van der Waals surface area contributed by atoms with Gasteiger partial charge in [0.05, 0.1) is 10.7 Å². The Morgan fingerprint density at radius 2 is 1.76 bits per heavy atom. The summed E-state index contributed by atoms with van der Waals surface area (Å²) in [5.74, 6) is 2.36. The Bertz CT molecular complexity index is 929. The normalized spacial score (nSPS) is 15.2. The van der Waals surface area contributed by atoms with Crippen LogP contribution in [-0.2, 0) is 13.0 Å². The zero-order valence-corrected chi connectivity index (χ0v) is 18.3. The third-order valence-corrected chi connectivity index (χ3v) is 6.15. The summed E-state index contributed by atoms with van der Waals surface area (Å²) in [6.45, 7) is 11.3. The van der Waals surface area contributed by atoms with Crippen molar-refractivity contribution in [2.75, 3.05) is 31.1 Å². The molecule has 0 spiro atoms. The van der Waals surface area contributed by atoms with E-state index in [1.807, 2.05) is 0 Å². The van der Waals surface area contributed by atoms with E-state index in [4.69, 9.17) is 9.97 Å². The molecule has 0 radical (unpaired) electrons. The maximum atomic E-state index is 4.86. The number of hydrogen-bond acceptors (Lipinski definition) is 6. The van der Waals surface area contributed by atoms with E-state index < -0.39 is 0 Å². The minimum atomic E-state index is 0.352. The fraction of sp³-hybridized carbons (Fsp3) is 0.435. The number of rotatable bonds is 6. The topological polar surface area (TPSA) is 45.2 Å². The van der Waals surface area contributed by atoms with Crippen molar-refractivity contribution in [2.45, 2.75) is 39.7 Å². The molecular formula is C23H29N5S. The van der Waals surface area contributed by atoms with Gasteiger partial charge in [0.1, 0.15) is 11.6 Å². The molecule has 1 aromatic carbocycles. The monoisotopic (exact) mass is 407 g/mol. The molecule has 2 aromatic heterocycles. The number of anilines is 1. The molecule has 3 heterocycles. The van der Waals surface area contributed by atoms with Crippen molar-refractivity contribution in [3.8, 4) is 0 Å². The lowest BCUT2D eigenvalue weighted by Crippen LogP contribution is -2.46. The van der Waals surface area contributed by atoms with Gasteiger partial charge in [-0.2, -0.15) is 0 Å². The Balaban J connectivity index is 1.33. The highest BCUT2D eigenvalue weighted by Gasteiger charge is 2.20. The van der Waals surface area contributed by atoms with Crippen LogP contribution < -0.4 is 4.90 Å². The highest BCUT2D eigenvalue weighted by atomic mass is 32.1. The number of aromatic nitrogens is 3. The molecule has 6 heteroatoms. The summed E-state index contributed by atoms with van der Waals surface area (Å²) >= 11 is 1.77. The van der Waals surface area contributed by atoms with Crippen LogP contribution in [0.2, 0.25) is 0 Å². The van der Waals surface area contributed by atoms with Crippen molar-refractivity contribution in [3.63, 3.8) is 0 Å². The van der Waals surface area contributed by atoms with Gasteiger partial charge in [-0.05, 0) is 12.5 Å². The molecule has 0 saturated carbocycles. The SMILES string of the molecule is Cc1cc(N2CCN(Cc3csc(Cc4ccccc4)n3)CC2)nc(C(C)C)n1. The highest BCUT2D eigenvalue weighted by molar-refractivity contribution is 7.09. The van der Waals surface area contributed by atoms with Gasteiger partial charge >= 0.3 is 0 Å². The van der Waals surface area contributed by atoms with E-state index in [1.165, 1.54) is 16.3 Å². The fourth-order valence-corrected chi connectivity index (χ4v) is 4.45. The summed E-state index contributed by atoms with van der Waals surface area (Å²) in [7, 11) is 0. The highest BCUT2D eigenvalue weighted by Crippen LogP contribution is 2.20. The smallest absolute Gasteiger partial charge is 0.133 e. The number of benzene rings is 1. The van der Waals surface area contributed by atoms with Crippen LogP contribution in [0.5, 0.6) is 0 Å². The van der Waals surface area contributed by atoms with E-state index in [2.05, 4.69) is 77.3 Å². The molecule has 0 bridgehead atoms. The Labute approximate surface area is 177 Å². The molecular weight excluding hydrogens is 378 g/mol. The van der Waals surface area contributed by atoms with Crippen LogP contribution in [0, 0.1) is 6.92 Å². The van der Waals surface area contributed by atoms with E-state index in [-0.39, 0.29) is 0 Å². The van der Waals surface area contributed by atoms with Crippen molar-refractivity contribution < 1.29 is 0 Å². The third kappa shape index (κ3) is 5.19. The lowest BCUT2D eigenvalue weighted by Gasteiger charge is -2.35. The first-order chi connectivity index (χ1) is 14.1. The summed E-state index contributed by atoms with van der Waals surface area (Å²) in [5.41, 5.74) is 3.56. The molecule has 1 fully saturated rings. The number of piperazine rings is 1. The molecule has 0 amide bonds. The van der Waals surface area contributed by atoms with E-state index in [9.17, 15) is 0 Å². The molecule has 0 N–H and O–H groups in total. The predicted octanol–water partition coefficient (Wildman–Crippen LogP) is 4.28. The Hall–Kier alpha value is -2.31. The molecule has 0 unspecified atom stereocenters. The summed E-state index contributed by atoms with van der Waals surface area (Å²) in [5, 5.41) is 3.41. The molecule has 1 aliphatic heterocycles. The van der Waals surface area contributed by atoms with E-state index >= 15 is 0 Å². The molecule has 1 saturated heterocycles. The average Bonchev–Trinajstić information content (AvgIpc) is 3.15. The predicted molar refractivity (Wildman–Crippen MR) is 120 cm³/mol. The maximum absolute atomic E-state index is 4.86. The van der Waals surface area contributed by atoms with Gasteiger partial charge in [-0.15, -0.1) is 11.3 Å². The summed E-state index contributed by atoms with van der Waals surface area (Å²) < 4.78 is 0. The van der Waals surface area contributed by atoms with Crippen LogP contribution in [0.1, 0.15) is 47.5 Å². The second kappa shape index (κ2) is 9.01. The first-order valence-corrected chi connectivity index (χ1v) is 11.2. The largest absolute Gasteiger partial charge is 0.354 e. The molecule has 152 valence electrons. The zero-order chi connectivity index (χ0) is 20.2. The fourth-order valence-electron chi connectivity index (χ4n) is 3.63. The van der Waals surface area contributed by atoms with Gasteiger partial charge < -0.3 is 4.90 Å². The van der Waals surface area contributed by atoms with Crippen molar-refractivity contribution in [3.05, 3.63) is 69.6 Å². The zero-order valence-electron chi connectivity index (χ0n) is 17.5. The van der Waals surface area contributed by atoms with E-state index in [1.54, 1.807) is 11.3 Å². The molecule has 4 rings (SSSR count). The van der Waals surface area contributed by atoms with Crippen LogP contribution >= 0.6 is 11.3 Å². The summed E-state index contributed by atoms with van der Waals surface area (Å²) in [6, 6.07) is 12.7. The molecule has 0 atom stereocenters. The van der Waals surface area contributed by atoms with Crippen molar-refractivity contribution >= 4 is 17.2 Å². The number of hydrogen-bond donors (Lipinski definition) is 0. The van der Waals surface area contributed by atoms with Gasteiger partial charge in [0.25, 0.3) is 0 Å². The summed E-state index contributed by atoms with van der Waals surface area (Å²) in [6.07, 6.45) is 0.921. The average molecular weight is 408 g/mol. The molecule has 1 aliphatic rings. The lowest BCUT2D eigenvalue weighted by atomic mass is 10.2. The van der Waals surface area contributed by atoms with Gasteiger partial charge in [-0.1, -0.05) is 44.2 Å². The van der Waals surface area contributed by atoms with Crippen molar-refractivity contribution in [1.82, 2.24) is 19.9 Å². The molecule has 3 aromatic rings. The number of thiazole rings is 1. The van der Waals surface area contributed by atoms with Crippen LogP contribution in [0.15, 0.2) is 41.8 Å². The minimum absolute atomic E-state index is 0.352. The van der Waals surface area contributed by atoms with Gasteiger partial charge in [0, 0.05) is 62.2 Å². The van der Waals surface area contributed by atoms with E-state index in [0.717, 1.165) is 56.5 Å². The quantitative estimate of drug-likeness (QED) is 0.610. The summed E-state index contributed by atoms with van der Waals surface area (Å²) in [4.78, 5) is 19.1. The van der Waals surface area contributed by atoms with Crippen LogP contribution in [0.3, 0.4) is 0 Å². The maximum Gasteiger partial charge on any atom is 0.133 e. The van der Waals surface area contributed by atoms with Crippen LogP contribution in [0.4, 0.5) is 5.82 Å². The van der Waals surface area contributed by atoms with Crippen molar-refractivity contribution in [2.24, 2.45) is 0 Å². The Kier molecular flexibility index (Phi) is 6.21. The van der Waals surface area contributed by atoms with Crippen LogP contribution in [-0.4, -0.2) is 46.0 Å². The molecule has 0 aliphatic carbocycles. The standard InChI is InChI=1S/C23H29N5S/c1-17(2)23-24-18(3)13-21(26-23)28-11-9-27(10-12-28)15-20-16-29-22(25-20)14-19-7-5-4-6-8-19/h4-8,13,16-17H,9-12,14-15H2,1-3H3. The van der Waals surface area contributed by atoms with Gasteiger partial charge in [0.2, 0.25) is 0 Å². The molecule has 5 nitrogen and oxygen atoms in total. The Morgan fingerprint density at radius 3 is 2.48 bits per heavy atom. The van der Waals surface area contributed by atoms with Crippen molar-refractivity contribution in [1.29, 1.82) is 0 Å². The van der Waals surface area contributed by atoms with Gasteiger partial charge in [-0.25, -0.2) is 15.0 Å². The lowest BCUT2D eigenvalue weighted by molar-refractivity contribution is 0.247. The third-order valence-electron chi connectivity index (χ3n) is 5.25. The first kappa shape index (κ1) is 20.0. The second-order valence-corrected chi connectivity index (χ2v) is 8.98. The van der Waals surface area contributed by atoms with Crippen LogP contribution in [0.25, 0.3) is 0 Å². The minimum Gasteiger partial charge on any atom is -0.354 e. The van der Waals surface area contributed by atoms with E-state index in [0.29, 0.717) is 5.92 Å². The Morgan fingerprint density at radius 1 is 1.00 bits per heavy atom. The number of nitrogens with zero attached hydrogens (tertiary/aromatic N) is 5. The second-order valence-electron chi connectivity index (χ2n) is 8.04. The van der Waals surface area contributed by atoms with Gasteiger partial charge in [-0.3, -0.25) is 4.90 Å².